The normalized spacial score (nSPS) is 22.8. The number of carbonyl (C=O) groups excluding carboxylic acids is 5. The predicted octanol–water partition coefficient (Wildman–Crippen LogP) is -1.19. The van der Waals surface area contributed by atoms with Gasteiger partial charge in [0.15, 0.2) is 5.75 Å². The van der Waals surface area contributed by atoms with Gasteiger partial charge >= 0.3 is 0 Å². The van der Waals surface area contributed by atoms with E-state index in [1.165, 1.54) is 23.3 Å². The van der Waals surface area contributed by atoms with Gasteiger partial charge in [-0.25, -0.2) is 0 Å². The molecule has 4 rings (SSSR count). The molecule has 0 bridgehead atoms. The van der Waals surface area contributed by atoms with E-state index in [4.69, 9.17) is 4.84 Å². The number of benzene rings is 1. The summed E-state index contributed by atoms with van der Waals surface area (Å²) in [6.45, 7) is 1.09. The maximum atomic E-state index is 12.7. The van der Waals surface area contributed by atoms with Crippen LogP contribution in [0.15, 0.2) is 18.2 Å². The van der Waals surface area contributed by atoms with E-state index in [1.807, 2.05) is 0 Å². The Hall–Kier alpha value is -3.27. The molecule has 0 saturated carbocycles. The van der Waals surface area contributed by atoms with Crippen molar-refractivity contribution in [2.45, 2.75) is 18.9 Å². The maximum Gasteiger partial charge on any atom is 0.269 e. The molecular formula is C17H16N4O6. The molecule has 140 valence electrons. The average Bonchev–Trinajstić information content (AvgIpc) is 2.88. The number of hydrogen-bond acceptors (Lipinski definition) is 7. The number of nitrogens with one attached hydrogen (secondary N) is 2. The number of amides is 5. The van der Waals surface area contributed by atoms with Crippen molar-refractivity contribution in [2.24, 2.45) is 0 Å². The highest BCUT2D eigenvalue weighted by molar-refractivity contribution is 6.23. The van der Waals surface area contributed by atoms with E-state index in [0.29, 0.717) is 13.1 Å². The number of rotatable bonds is 3. The highest BCUT2D eigenvalue weighted by atomic mass is 16.7. The van der Waals surface area contributed by atoms with Crippen LogP contribution in [0, 0.1) is 0 Å². The van der Waals surface area contributed by atoms with Gasteiger partial charge in [0, 0.05) is 13.0 Å². The van der Waals surface area contributed by atoms with Gasteiger partial charge in [0.1, 0.15) is 6.04 Å². The van der Waals surface area contributed by atoms with Gasteiger partial charge in [0.2, 0.25) is 11.8 Å². The SMILES string of the molecule is O=C1CCC(N2C(=O)c3ccc(ON4CCNCC4=O)cc3C2=O)C(=O)N1. The minimum atomic E-state index is -1.02. The number of piperazine rings is 1. The summed E-state index contributed by atoms with van der Waals surface area (Å²) in [5, 5.41) is 6.25. The van der Waals surface area contributed by atoms with Crippen molar-refractivity contribution in [1.29, 1.82) is 0 Å². The standard InChI is InChI=1S/C17H16N4O6/c22-13-4-3-12(15(24)19-13)21-16(25)10-2-1-9(7-11(10)17(21)26)27-20-6-5-18-8-14(20)23/h1-2,7,12,18H,3-6,8H2,(H,19,22,24). The van der Waals surface area contributed by atoms with Crippen molar-refractivity contribution in [2.75, 3.05) is 19.6 Å². The molecule has 10 nitrogen and oxygen atoms in total. The Balaban J connectivity index is 1.57. The second kappa shape index (κ2) is 6.47. The smallest absolute Gasteiger partial charge is 0.269 e. The highest BCUT2D eigenvalue weighted by Gasteiger charge is 2.44. The number of nitrogens with zero attached hydrogens (tertiary/aromatic N) is 2. The van der Waals surface area contributed by atoms with Crippen molar-refractivity contribution in [1.82, 2.24) is 20.6 Å². The Labute approximate surface area is 153 Å². The molecule has 2 saturated heterocycles. The van der Waals surface area contributed by atoms with Crippen LogP contribution in [0.2, 0.25) is 0 Å². The third-order valence-corrected chi connectivity index (χ3v) is 4.67. The number of imide groups is 2. The zero-order valence-corrected chi connectivity index (χ0v) is 14.2. The van der Waals surface area contributed by atoms with Crippen molar-refractivity contribution < 1.29 is 28.8 Å². The first-order valence-electron chi connectivity index (χ1n) is 8.50. The lowest BCUT2D eigenvalue weighted by Gasteiger charge is -2.27. The first kappa shape index (κ1) is 17.2. The van der Waals surface area contributed by atoms with Gasteiger partial charge in [-0.2, -0.15) is 5.06 Å². The van der Waals surface area contributed by atoms with Crippen LogP contribution < -0.4 is 15.5 Å². The van der Waals surface area contributed by atoms with E-state index < -0.39 is 29.7 Å². The summed E-state index contributed by atoms with van der Waals surface area (Å²) in [7, 11) is 0. The molecule has 0 radical (unpaired) electrons. The average molecular weight is 372 g/mol. The van der Waals surface area contributed by atoms with Gasteiger partial charge in [0.05, 0.1) is 24.2 Å². The Kier molecular flexibility index (Phi) is 4.11. The molecular weight excluding hydrogens is 356 g/mol. The van der Waals surface area contributed by atoms with Crippen molar-refractivity contribution in [3.63, 3.8) is 0 Å². The summed E-state index contributed by atoms with van der Waals surface area (Å²) in [5.74, 6) is -2.30. The minimum Gasteiger partial charge on any atom is -0.377 e. The van der Waals surface area contributed by atoms with E-state index in [0.717, 1.165) is 4.90 Å². The molecule has 0 aromatic heterocycles. The van der Waals surface area contributed by atoms with E-state index in [2.05, 4.69) is 10.6 Å². The van der Waals surface area contributed by atoms with E-state index in [1.54, 1.807) is 0 Å². The van der Waals surface area contributed by atoms with Gasteiger partial charge in [-0.3, -0.25) is 34.2 Å². The molecule has 2 fully saturated rings. The van der Waals surface area contributed by atoms with Gasteiger partial charge in [0.25, 0.3) is 17.7 Å². The first-order valence-corrected chi connectivity index (χ1v) is 8.50. The van der Waals surface area contributed by atoms with Gasteiger partial charge in [-0.1, -0.05) is 0 Å². The topological polar surface area (TPSA) is 125 Å². The fourth-order valence-electron chi connectivity index (χ4n) is 3.32. The van der Waals surface area contributed by atoms with Crippen molar-refractivity contribution in [3.05, 3.63) is 29.3 Å². The van der Waals surface area contributed by atoms with Gasteiger partial charge < -0.3 is 10.2 Å². The van der Waals surface area contributed by atoms with Crippen LogP contribution in [0.25, 0.3) is 0 Å². The molecule has 0 spiro atoms. The Bertz CT molecular complexity index is 882. The van der Waals surface area contributed by atoms with Gasteiger partial charge in [-0.15, -0.1) is 0 Å². The molecule has 1 aromatic carbocycles. The molecule has 27 heavy (non-hydrogen) atoms. The molecule has 3 heterocycles. The van der Waals surface area contributed by atoms with Crippen molar-refractivity contribution >= 4 is 29.5 Å². The summed E-state index contributed by atoms with van der Waals surface area (Å²) in [6, 6.07) is 3.29. The van der Waals surface area contributed by atoms with Crippen LogP contribution >= 0.6 is 0 Å². The summed E-state index contributed by atoms with van der Waals surface area (Å²) >= 11 is 0. The number of hydrogen-bond donors (Lipinski definition) is 2. The van der Waals surface area contributed by atoms with Crippen LogP contribution in [-0.4, -0.2) is 65.2 Å². The molecule has 3 aliphatic heterocycles. The zero-order valence-electron chi connectivity index (χ0n) is 14.2. The predicted molar refractivity (Wildman–Crippen MR) is 88.3 cm³/mol. The summed E-state index contributed by atoms with van der Waals surface area (Å²) in [4.78, 5) is 66.9. The number of carbonyl (C=O) groups is 5. The highest BCUT2D eigenvalue weighted by Crippen LogP contribution is 2.30. The molecule has 1 atom stereocenters. The second-order valence-corrected chi connectivity index (χ2v) is 6.42. The third kappa shape index (κ3) is 2.93. The molecule has 1 unspecified atom stereocenters. The number of fused-ring (bicyclic) bond motifs is 1. The van der Waals surface area contributed by atoms with Crippen LogP contribution in [0.3, 0.4) is 0 Å². The van der Waals surface area contributed by atoms with E-state index >= 15 is 0 Å². The lowest BCUT2D eigenvalue weighted by Crippen LogP contribution is -2.54. The Morgan fingerprint density at radius 3 is 2.56 bits per heavy atom. The fraction of sp³-hybridized carbons (Fsp3) is 0.353. The summed E-state index contributed by atoms with van der Waals surface area (Å²) < 4.78 is 0. The second-order valence-electron chi connectivity index (χ2n) is 6.42. The van der Waals surface area contributed by atoms with Gasteiger partial charge in [-0.05, 0) is 24.6 Å². The largest absolute Gasteiger partial charge is 0.377 e. The summed E-state index contributed by atoms with van der Waals surface area (Å²) in [6.07, 6.45) is 0.151. The number of piperidine rings is 1. The first-order chi connectivity index (χ1) is 13.0. The molecule has 2 N–H and O–H groups in total. The van der Waals surface area contributed by atoms with Crippen LogP contribution in [0.1, 0.15) is 33.6 Å². The quantitative estimate of drug-likeness (QED) is 0.640. The lowest BCUT2D eigenvalue weighted by atomic mass is 10.0. The fourth-order valence-corrected chi connectivity index (χ4v) is 3.32. The van der Waals surface area contributed by atoms with E-state index in [-0.39, 0.29) is 42.2 Å². The Morgan fingerprint density at radius 2 is 1.81 bits per heavy atom. The van der Waals surface area contributed by atoms with E-state index in [9.17, 15) is 24.0 Å². The number of hydroxylamine groups is 2. The monoisotopic (exact) mass is 372 g/mol. The third-order valence-electron chi connectivity index (χ3n) is 4.67. The van der Waals surface area contributed by atoms with Crippen molar-refractivity contribution in [3.8, 4) is 5.75 Å². The molecule has 3 aliphatic rings. The Morgan fingerprint density at radius 1 is 1.04 bits per heavy atom. The maximum absolute atomic E-state index is 12.7. The molecule has 0 aliphatic carbocycles. The summed E-state index contributed by atoms with van der Waals surface area (Å²) in [5.41, 5.74) is 0.258. The van der Waals surface area contributed by atoms with Crippen LogP contribution in [0.5, 0.6) is 5.75 Å². The van der Waals surface area contributed by atoms with Crippen LogP contribution in [0.4, 0.5) is 0 Å². The molecule has 10 heteroatoms. The zero-order chi connectivity index (χ0) is 19.1. The molecule has 1 aromatic rings. The lowest BCUT2D eigenvalue weighted by molar-refractivity contribution is -0.159. The molecule has 5 amide bonds. The minimum absolute atomic E-state index is 0.0588. The van der Waals surface area contributed by atoms with Crippen LogP contribution in [-0.2, 0) is 14.4 Å².